The van der Waals surface area contributed by atoms with Crippen LogP contribution in [0.4, 0.5) is 11.8 Å². The van der Waals surface area contributed by atoms with E-state index >= 15 is 0 Å². The van der Waals surface area contributed by atoms with Crippen molar-refractivity contribution in [3.05, 3.63) is 28.6 Å². The number of nitrogens with two attached hydrogens (primary N) is 1. The first-order valence-corrected chi connectivity index (χ1v) is 8.43. The fraction of sp³-hybridized carbons (Fsp3) is 0.267. The summed E-state index contributed by atoms with van der Waals surface area (Å²) in [6.07, 6.45) is 0. The Balaban J connectivity index is 1.86. The number of thiophene rings is 1. The first kappa shape index (κ1) is 14.6. The van der Waals surface area contributed by atoms with Crippen molar-refractivity contribution in [3.63, 3.8) is 0 Å². The second kappa shape index (κ2) is 5.92. The first-order chi connectivity index (χ1) is 11.2. The average Bonchev–Trinajstić information content (AvgIpc) is 3.01. The van der Waals surface area contributed by atoms with E-state index in [1.165, 1.54) is 11.3 Å². The molecule has 6 nitrogen and oxygen atoms in total. The van der Waals surface area contributed by atoms with Crippen molar-refractivity contribution in [2.75, 3.05) is 36.9 Å². The summed E-state index contributed by atoms with van der Waals surface area (Å²) in [6.45, 7) is 2.88. The number of ether oxygens (including phenoxy) is 1. The van der Waals surface area contributed by atoms with Gasteiger partial charge in [-0.1, -0.05) is 11.6 Å². The molecule has 8 heteroatoms. The molecule has 4 rings (SSSR count). The Labute approximate surface area is 141 Å². The number of halogens is 1. The van der Waals surface area contributed by atoms with Crippen LogP contribution in [0.1, 0.15) is 0 Å². The molecule has 0 radical (unpaired) electrons. The second-order valence-electron chi connectivity index (χ2n) is 5.17. The smallest absolute Gasteiger partial charge is 0.222 e. The van der Waals surface area contributed by atoms with Crippen molar-refractivity contribution >= 4 is 45.7 Å². The lowest BCUT2D eigenvalue weighted by Gasteiger charge is -2.28. The van der Waals surface area contributed by atoms with Gasteiger partial charge in [-0.15, -0.1) is 11.3 Å². The largest absolute Gasteiger partial charge is 0.378 e. The Morgan fingerprint density at radius 3 is 2.65 bits per heavy atom. The van der Waals surface area contributed by atoms with E-state index in [-0.39, 0.29) is 5.95 Å². The van der Waals surface area contributed by atoms with Crippen LogP contribution in [0.3, 0.4) is 0 Å². The van der Waals surface area contributed by atoms with Gasteiger partial charge in [0.2, 0.25) is 5.95 Å². The van der Waals surface area contributed by atoms with Crippen molar-refractivity contribution in [2.45, 2.75) is 0 Å². The summed E-state index contributed by atoms with van der Waals surface area (Å²) >= 11 is 7.53. The van der Waals surface area contributed by atoms with Crippen molar-refractivity contribution in [3.8, 4) is 10.6 Å². The van der Waals surface area contributed by atoms with Gasteiger partial charge in [0.15, 0.2) is 5.82 Å². The molecule has 118 valence electrons. The molecular formula is C15H14ClN5OS. The lowest BCUT2D eigenvalue weighted by molar-refractivity contribution is 0.122. The lowest BCUT2D eigenvalue weighted by Crippen LogP contribution is -2.37. The summed E-state index contributed by atoms with van der Waals surface area (Å²) in [5, 5.41) is 0. The highest BCUT2D eigenvalue weighted by Gasteiger charge is 2.18. The van der Waals surface area contributed by atoms with Gasteiger partial charge in [0, 0.05) is 13.1 Å². The molecule has 0 unspecified atom stereocenters. The predicted octanol–water partition coefficient (Wildman–Crippen LogP) is 2.83. The zero-order valence-electron chi connectivity index (χ0n) is 12.2. The summed E-state index contributed by atoms with van der Waals surface area (Å²) in [7, 11) is 0. The number of hydrogen-bond donors (Lipinski definition) is 1. The van der Waals surface area contributed by atoms with Gasteiger partial charge in [-0.3, -0.25) is 0 Å². The van der Waals surface area contributed by atoms with Crippen LogP contribution in [0.5, 0.6) is 0 Å². The fourth-order valence-electron chi connectivity index (χ4n) is 2.60. The topological polar surface area (TPSA) is 77.2 Å². The highest BCUT2D eigenvalue weighted by molar-refractivity contribution is 7.19. The third-order valence-corrected chi connectivity index (χ3v) is 4.93. The minimum atomic E-state index is 0.257. The number of aromatic nitrogens is 3. The van der Waals surface area contributed by atoms with E-state index in [1.54, 1.807) is 0 Å². The fourth-order valence-corrected chi connectivity index (χ4v) is 3.61. The van der Waals surface area contributed by atoms with Crippen LogP contribution in [-0.2, 0) is 4.74 Å². The number of fused-ring (bicyclic) bond motifs is 1. The molecule has 2 N–H and O–H groups in total. The van der Waals surface area contributed by atoms with E-state index in [9.17, 15) is 0 Å². The standard InChI is InChI=1S/C15H14ClN5OS/c16-12-4-3-11(23-12)9-1-2-10-13(18-9)14(20-15(17)19-10)21-5-7-22-8-6-21/h1-4H,5-8H2,(H2,17,19,20). The van der Waals surface area contributed by atoms with Crippen LogP contribution in [-0.4, -0.2) is 41.3 Å². The van der Waals surface area contributed by atoms with Crippen molar-refractivity contribution in [1.29, 1.82) is 0 Å². The molecule has 4 heterocycles. The maximum Gasteiger partial charge on any atom is 0.222 e. The van der Waals surface area contributed by atoms with Gasteiger partial charge in [-0.2, -0.15) is 4.98 Å². The number of hydrogen-bond acceptors (Lipinski definition) is 7. The van der Waals surface area contributed by atoms with Crippen LogP contribution in [0.25, 0.3) is 21.6 Å². The van der Waals surface area contributed by atoms with Gasteiger partial charge in [-0.05, 0) is 24.3 Å². The number of nitrogens with zero attached hydrogens (tertiary/aromatic N) is 4. The monoisotopic (exact) mass is 347 g/mol. The van der Waals surface area contributed by atoms with Crippen LogP contribution >= 0.6 is 22.9 Å². The Hall–Kier alpha value is -1.96. The van der Waals surface area contributed by atoms with E-state index in [0.717, 1.165) is 44.8 Å². The quantitative estimate of drug-likeness (QED) is 0.768. The molecule has 1 aliphatic rings. The van der Waals surface area contributed by atoms with E-state index < -0.39 is 0 Å². The van der Waals surface area contributed by atoms with Gasteiger partial charge >= 0.3 is 0 Å². The third kappa shape index (κ3) is 2.83. The molecule has 0 aliphatic carbocycles. The molecule has 1 aliphatic heterocycles. The van der Waals surface area contributed by atoms with Crippen molar-refractivity contribution in [1.82, 2.24) is 15.0 Å². The Morgan fingerprint density at radius 2 is 1.91 bits per heavy atom. The summed E-state index contributed by atoms with van der Waals surface area (Å²) in [4.78, 5) is 16.6. The predicted molar refractivity (Wildman–Crippen MR) is 93.1 cm³/mol. The molecule has 0 saturated carbocycles. The minimum absolute atomic E-state index is 0.257. The van der Waals surface area contributed by atoms with Gasteiger partial charge in [0.05, 0.1) is 33.6 Å². The van der Waals surface area contributed by atoms with E-state index in [2.05, 4.69) is 14.9 Å². The summed E-state index contributed by atoms with van der Waals surface area (Å²) in [5.41, 5.74) is 8.21. The van der Waals surface area contributed by atoms with Crippen LogP contribution in [0.15, 0.2) is 24.3 Å². The molecule has 3 aromatic rings. The zero-order valence-corrected chi connectivity index (χ0v) is 13.8. The lowest BCUT2D eigenvalue weighted by atomic mass is 10.2. The van der Waals surface area contributed by atoms with E-state index in [0.29, 0.717) is 13.2 Å². The molecule has 0 spiro atoms. The normalized spacial score (nSPS) is 15.3. The molecule has 3 aromatic heterocycles. The molecular weight excluding hydrogens is 334 g/mol. The molecule has 0 bridgehead atoms. The van der Waals surface area contributed by atoms with E-state index in [1.807, 2.05) is 24.3 Å². The Bertz CT molecular complexity index is 862. The Kier molecular flexibility index (Phi) is 3.76. The highest BCUT2D eigenvalue weighted by Crippen LogP contribution is 2.32. The zero-order chi connectivity index (χ0) is 15.8. The molecule has 0 amide bonds. The summed E-state index contributed by atoms with van der Waals surface area (Å²) < 4.78 is 6.15. The van der Waals surface area contributed by atoms with Crippen LogP contribution in [0.2, 0.25) is 4.34 Å². The number of anilines is 2. The van der Waals surface area contributed by atoms with Gasteiger partial charge in [0.25, 0.3) is 0 Å². The summed E-state index contributed by atoms with van der Waals surface area (Å²) in [5.74, 6) is 1.02. The first-order valence-electron chi connectivity index (χ1n) is 7.23. The van der Waals surface area contributed by atoms with Gasteiger partial charge in [0.1, 0.15) is 5.52 Å². The number of rotatable bonds is 2. The molecule has 0 aromatic carbocycles. The maximum absolute atomic E-state index is 6.03. The van der Waals surface area contributed by atoms with Gasteiger partial charge in [-0.25, -0.2) is 9.97 Å². The highest BCUT2D eigenvalue weighted by atomic mass is 35.5. The van der Waals surface area contributed by atoms with E-state index in [4.69, 9.17) is 27.1 Å². The van der Waals surface area contributed by atoms with Crippen LogP contribution < -0.4 is 10.6 Å². The SMILES string of the molecule is Nc1nc(N2CCOCC2)c2nc(-c3ccc(Cl)s3)ccc2n1. The number of nitrogen functional groups attached to an aromatic ring is 1. The molecule has 0 atom stereocenters. The third-order valence-electron chi connectivity index (χ3n) is 3.68. The second-order valence-corrected chi connectivity index (χ2v) is 6.89. The minimum Gasteiger partial charge on any atom is -0.378 e. The molecule has 1 fully saturated rings. The Morgan fingerprint density at radius 1 is 1.09 bits per heavy atom. The van der Waals surface area contributed by atoms with Crippen molar-refractivity contribution in [2.24, 2.45) is 0 Å². The maximum atomic E-state index is 6.03. The number of morpholine rings is 1. The van der Waals surface area contributed by atoms with Crippen LogP contribution in [0, 0.1) is 0 Å². The molecule has 1 saturated heterocycles. The summed E-state index contributed by atoms with van der Waals surface area (Å²) in [6, 6.07) is 7.69. The van der Waals surface area contributed by atoms with Gasteiger partial charge < -0.3 is 15.4 Å². The number of pyridine rings is 1. The average molecular weight is 348 g/mol. The van der Waals surface area contributed by atoms with Crippen molar-refractivity contribution < 1.29 is 4.74 Å². The molecule has 23 heavy (non-hydrogen) atoms.